The molecule has 4 nitrogen and oxygen atoms in total. The Labute approximate surface area is 90.1 Å². The molecule has 1 rings (SSSR count). The lowest BCUT2D eigenvalue weighted by molar-refractivity contribution is -0.118. The molecular formula is C11H17N3O. The minimum Gasteiger partial charge on any atom is -0.310 e. The van der Waals surface area contributed by atoms with Gasteiger partial charge in [-0.1, -0.05) is 27.7 Å². The second-order valence-corrected chi connectivity index (χ2v) is 4.10. The molecule has 0 unspecified atom stereocenters. The Morgan fingerprint density at radius 2 is 2.00 bits per heavy atom. The van der Waals surface area contributed by atoms with E-state index < -0.39 is 0 Å². The highest BCUT2D eigenvalue weighted by Crippen LogP contribution is 2.11. The zero-order valence-corrected chi connectivity index (χ0v) is 9.61. The van der Waals surface area contributed by atoms with Crippen molar-refractivity contribution in [3.8, 4) is 0 Å². The fourth-order valence-electron chi connectivity index (χ4n) is 0.992. The normalized spacial score (nSPS) is 10.8. The number of hydrogen-bond donors (Lipinski definition) is 1. The molecule has 82 valence electrons. The van der Waals surface area contributed by atoms with E-state index >= 15 is 0 Å². The van der Waals surface area contributed by atoms with Crippen molar-refractivity contribution in [1.29, 1.82) is 0 Å². The summed E-state index contributed by atoms with van der Waals surface area (Å²) < 4.78 is 0. The van der Waals surface area contributed by atoms with Gasteiger partial charge in [0.15, 0.2) is 0 Å². The maximum Gasteiger partial charge on any atom is 0.228 e. The molecule has 4 heteroatoms. The minimum atomic E-state index is -0.0394. The summed E-state index contributed by atoms with van der Waals surface area (Å²) in [7, 11) is 0. The van der Waals surface area contributed by atoms with Gasteiger partial charge in [-0.3, -0.25) is 4.79 Å². The van der Waals surface area contributed by atoms with Gasteiger partial charge >= 0.3 is 0 Å². The summed E-state index contributed by atoms with van der Waals surface area (Å²) in [6.45, 7) is 7.73. The Bertz CT molecular complexity index is 347. The molecule has 1 aromatic heterocycles. The predicted molar refractivity (Wildman–Crippen MR) is 59.6 cm³/mol. The van der Waals surface area contributed by atoms with Crippen LogP contribution >= 0.6 is 0 Å². The van der Waals surface area contributed by atoms with E-state index in [0.29, 0.717) is 5.82 Å². The molecular weight excluding hydrogens is 190 g/mol. The average Bonchev–Trinajstić information content (AvgIpc) is 2.18. The van der Waals surface area contributed by atoms with Gasteiger partial charge in [-0.05, 0) is 6.07 Å². The van der Waals surface area contributed by atoms with Gasteiger partial charge in [0.05, 0.1) is 0 Å². The molecule has 1 aromatic rings. The Kier molecular flexibility index (Phi) is 3.77. The zero-order valence-electron chi connectivity index (χ0n) is 9.61. The van der Waals surface area contributed by atoms with E-state index in [-0.39, 0.29) is 17.7 Å². The van der Waals surface area contributed by atoms with Crippen LogP contribution in [0.4, 0.5) is 5.82 Å². The van der Waals surface area contributed by atoms with Crippen LogP contribution < -0.4 is 5.32 Å². The van der Waals surface area contributed by atoms with Gasteiger partial charge in [0, 0.05) is 18.0 Å². The van der Waals surface area contributed by atoms with Crippen molar-refractivity contribution in [2.45, 2.75) is 33.6 Å². The standard InChI is InChI=1S/C11H17N3O/c1-7(2)10-12-6-5-9(13-10)14-11(15)8(3)4/h5-8H,1-4H3,(H,12,13,14,15). The van der Waals surface area contributed by atoms with E-state index in [1.807, 2.05) is 27.7 Å². The van der Waals surface area contributed by atoms with Crippen molar-refractivity contribution in [3.05, 3.63) is 18.1 Å². The smallest absolute Gasteiger partial charge is 0.228 e. The number of anilines is 1. The summed E-state index contributed by atoms with van der Waals surface area (Å²) in [5, 5.41) is 2.75. The highest BCUT2D eigenvalue weighted by atomic mass is 16.1. The number of nitrogens with zero attached hydrogens (tertiary/aromatic N) is 2. The third kappa shape index (κ3) is 3.31. The molecule has 0 saturated heterocycles. The van der Waals surface area contributed by atoms with Crippen LogP contribution in [0.25, 0.3) is 0 Å². The van der Waals surface area contributed by atoms with Gasteiger partial charge in [0.2, 0.25) is 5.91 Å². The van der Waals surface area contributed by atoms with Crippen molar-refractivity contribution in [3.63, 3.8) is 0 Å². The lowest BCUT2D eigenvalue weighted by Gasteiger charge is -2.08. The molecule has 1 N–H and O–H groups in total. The van der Waals surface area contributed by atoms with Crippen LogP contribution in [0.5, 0.6) is 0 Å². The fraction of sp³-hybridized carbons (Fsp3) is 0.545. The molecule has 0 aromatic carbocycles. The van der Waals surface area contributed by atoms with Crippen LogP contribution in [0.1, 0.15) is 39.4 Å². The highest BCUT2D eigenvalue weighted by molar-refractivity contribution is 5.91. The summed E-state index contributed by atoms with van der Waals surface area (Å²) in [6, 6.07) is 1.70. The highest BCUT2D eigenvalue weighted by Gasteiger charge is 2.09. The third-order valence-electron chi connectivity index (χ3n) is 1.97. The number of carbonyl (C=O) groups excluding carboxylic acids is 1. The van der Waals surface area contributed by atoms with E-state index in [1.165, 1.54) is 0 Å². The monoisotopic (exact) mass is 207 g/mol. The Morgan fingerprint density at radius 1 is 1.33 bits per heavy atom. The molecule has 0 aliphatic carbocycles. The van der Waals surface area contributed by atoms with Crippen molar-refractivity contribution >= 4 is 11.7 Å². The first kappa shape index (κ1) is 11.6. The molecule has 1 heterocycles. The van der Waals surface area contributed by atoms with E-state index in [2.05, 4.69) is 15.3 Å². The molecule has 0 atom stereocenters. The van der Waals surface area contributed by atoms with Crippen LogP contribution in [0.3, 0.4) is 0 Å². The Morgan fingerprint density at radius 3 is 2.53 bits per heavy atom. The summed E-state index contributed by atoms with van der Waals surface area (Å²) in [4.78, 5) is 19.8. The second-order valence-electron chi connectivity index (χ2n) is 4.10. The number of rotatable bonds is 3. The van der Waals surface area contributed by atoms with Gasteiger partial charge in [-0.25, -0.2) is 9.97 Å². The van der Waals surface area contributed by atoms with Crippen molar-refractivity contribution in [1.82, 2.24) is 9.97 Å². The van der Waals surface area contributed by atoms with E-state index in [9.17, 15) is 4.79 Å². The van der Waals surface area contributed by atoms with Gasteiger partial charge in [0.25, 0.3) is 0 Å². The maximum atomic E-state index is 11.4. The second kappa shape index (κ2) is 4.87. The molecule has 0 radical (unpaired) electrons. The van der Waals surface area contributed by atoms with Crippen molar-refractivity contribution in [2.75, 3.05) is 5.32 Å². The number of carbonyl (C=O) groups is 1. The number of hydrogen-bond acceptors (Lipinski definition) is 3. The quantitative estimate of drug-likeness (QED) is 0.826. The SMILES string of the molecule is CC(C)C(=O)Nc1ccnc(C(C)C)n1. The first-order valence-electron chi connectivity index (χ1n) is 5.14. The van der Waals surface area contributed by atoms with Crippen LogP contribution in [0.2, 0.25) is 0 Å². The van der Waals surface area contributed by atoms with E-state index in [4.69, 9.17) is 0 Å². The number of nitrogens with one attached hydrogen (secondary N) is 1. The van der Waals surface area contributed by atoms with Gasteiger partial charge in [-0.15, -0.1) is 0 Å². The van der Waals surface area contributed by atoms with Gasteiger partial charge < -0.3 is 5.32 Å². The van der Waals surface area contributed by atoms with Crippen LogP contribution in [0, 0.1) is 5.92 Å². The van der Waals surface area contributed by atoms with E-state index in [1.54, 1.807) is 12.3 Å². The fourth-order valence-corrected chi connectivity index (χ4v) is 0.992. The molecule has 0 fully saturated rings. The van der Waals surface area contributed by atoms with Crippen LogP contribution in [-0.2, 0) is 4.79 Å². The molecule has 1 amide bonds. The predicted octanol–water partition coefficient (Wildman–Crippen LogP) is 2.19. The first-order chi connectivity index (χ1) is 7.00. The number of aromatic nitrogens is 2. The molecule has 0 aliphatic rings. The van der Waals surface area contributed by atoms with Crippen LogP contribution in [0.15, 0.2) is 12.3 Å². The lowest BCUT2D eigenvalue weighted by atomic mass is 10.2. The molecule has 0 aliphatic heterocycles. The first-order valence-corrected chi connectivity index (χ1v) is 5.14. The third-order valence-corrected chi connectivity index (χ3v) is 1.97. The van der Waals surface area contributed by atoms with Crippen LogP contribution in [-0.4, -0.2) is 15.9 Å². The zero-order chi connectivity index (χ0) is 11.4. The minimum absolute atomic E-state index is 0.0246. The van der Waals surface area contributed by atoms with E-state index in [0.717, 1.165) is 5.82 Å². The summed E-state index contributed by atoms with van der Waals surface area (Å²) in [6.07, 6.45) is 1.66. The Balaban J connectivity index is 2.78. The number of amides is 1. The molecule has 0 spiro atoms. The van der Waals surface area contributed by atoms with Crippen molar-refractivity contribution in [2.24, 2.45) is 5.92 Å². The van der Waals surface area contributed by atoms with Gasteiger partial charge in [0.1, 0.15) is 11.6 Å². The summed E-state index contributed by atoms with van der Waals surface area (Å²) >= 11 is 0. The molecule has 0 bridgehead atoms. The topological polar surface area (TPSA) is 54.9 Å². The largest absolute Gasteiger partial charge is 0.310 e. The van der Waals surface area contributed by atoms with Gasteiger partial charge in [-0.2, -0.15) is 0 Å². The molecule has 15 heavy (non-hydrogen) atoms. The lowest BCUT2D eigenvalue weighted by Crippen LogP contribution is -2.19. The molecule has 0 saturated carbocycles. The maximum absolute atomic E-state index is 11.4. The average molecular weight is 207 g/mol. The summed E-state index contributed by atoms with van der Waals surface area (Å²) in [5.74, 6) is 1.52. The Hall–Kier alpha value is -1.45. The summed E-state index contributed by atoms with van der Waals surface area (Å²) in [5.41, 5.74) is 0. The van der Waals surface area contributed by atoms with Crippen molar-refractivity contribution < 1.29 is 4.79 Å².